The van der Waals surface area contributed by atoms with Gasteiger partial charge < -0.3 is 29.4 Å². The van der Waals surface area contributed by atoms with Crippen LogP contribution in [0.3, 0.4) is 0 Å². The van der Waals surface area contributed by atoms with E-state index in [0.717, 1.165) is 32.1 Å². The molecule has 3 heterocycles. The van der Waals surface area contributed by atoms with Crippen molar-refractivity contribution in [2.24, 2.45) is 0 Å². The first-order valence-electron chi connectivity index (χ1n) is 11.6. The summed E-state index contributed by atoms with van der Waals surface area (Å²) in [6.45, 7) is 10.8. The number of aromatic nitrogens is 4. The zero-order valence-electron chi connectivity index (χ0n) is 20.0. The maximum Gasteiger partial charge on any atom is 0.410 e. The lowest BCUT2D eigenvalue weighted by Crippen LogP contribution is -2.43. The van der Waals surface area contributed by atoms with E-state index in [-0.39, 0.29) is 18.2 Å². The molecule has 1 fully saturated rings. The molecule has 3 rings (SSSR count). The summed E-state index contributed by atoms with van der Waals surface area (Å²) in [6, 6.07) is 0.273. The normalized spacial score (nSPS) is 15.2. The molecule has 1 amide bonds. The number of halogens is 1. The van der Waals surface area contributed by atoms with E-state index in [9.17, 15) is 4.79 Å². The van der Waals surface area contributed by atoms with E-state index in [1.807, 2.05) is 25.3 Å². The Hall–Kier alpha value is -2.14. The summed E-state index contributed by atoms with van der Waals surface area (Å²) in [7, 11) is 0. The summed E-state index contributed by atoms with van der Waals surface area (Å²) in [5.74, 6) is 0.305. The quantitative estimate of drug-likeness (QED) is 0.382. The van der Waals surface area contributed by atoms with Gasteiger partial charge in [0.25, 0.3) is 0 Å². The van der Waals surface area contributed by atoms with Crippen molar-refractivity contribution >= 4 is 39.0 Å². The van der Waals surface area contributed by atoms with Gasteiger partial charge in [-0.2, -0.15) is 9.97 Å². The fourth-order valence-electron chi connectivity index (χ4n) is 3.55. The fraction of sp³-hybridized carbons (Fsp3) is 0.727. The van der Waals surface area contributed by atoms with Gasteiger partial charge in [0.05, 0.1) is 12.7 Å². The first-order chi connectivity index (χ1) is 15.7. The van der Waals surface area contributed by atoms with Crippen molar-refractivity contribution in [2.45, 2.75) is 78.0 Å². The number of aryl methyl sites for hydroxylation is 1. The SMILES string of the molecule is CCCCOc1nc(N)c2nc(Br)n(CCCOC3CCN(C(=O)OC(C)(C)C)CC3)c2n1. The lowest BCUT2D eigenvalue weighted by atomic mass is 10.1. The van der Waals surface area contributed by atoms with Crippen LogP contribution in [0.1, 0.15) is 59.8 Å². The van der Waals surface area contributed by atoms with Crippen LogP contribution in [-0.4, -0.2) is 68.5 Å². The van der Waals surface area contributed by atoms with Gasteiger partial charge in [0.1, 0.15) is 5.60 Å². The summed E-state index contributed by atoms with van der Waals surface area (Å²) in [6.07, 6.45) is 4.24. The second-order valence-electron chi connectivity index (χ2n) is 9.19. The van der Waals surface area contributed by atoms with Crippen molar-refractivity contribution in [3.05, 3.63) is 4.73 Å². The van der Waals surface area contributed by atoms with Crippen LogP contribution in [0.4, 0.5) is 10.6 Å². The van der Waals surface area contributed by atoms with Crippen LogP contribution in [0, 0.1) is 0 Å². The van der Waals surface area contributed by atoms with Gasteiger partial charge in [-0.15, -0.1) is 0 Å². The highest BCUT2D eigenvalue weighted by molar-refractivity contribution is 9.10. The van der Waals surface area contributed by atoms with Gasteiger partial charge in [0.15, 0.2) is 21.7 Å². The van der Waals surface area contributed by atoms with Crippen molar-refractivity contribution in [3.63, 3.8) is 0 Å². The monoisotopic (exact) mass is 526 g/mol. The number of carbonyl (C=O) groups is 1. The van der Waals surface area contributed by atoms with Crippen LogP contribution < -0.4 is 10.5 Å². The first kappa shape index (κ1) is 25.5. The van der Waals surface area contributed by atoms with Crippen LogP contribution in [0.15, 0.2) is 4.73 Å². The van der Waals surface area contributed by atoms with Gasteiger partial charge in [-0.05, 0) is 62.4 Å². The summed E-state index contributed by atoms with van der Waals surface area (Å²) >= 11 is 3.50. The Morgan fingerprint density at radius 2 is 1.88 bits per heavy atom. The number of likely N-dealkylation sites (tertiary alicyclic amines) is 1. The van der Waals surface area contributed by atoms with Crippen LogP contribution in [0.2, 0.25) is 0 Å². The number of carbonyl (C=O) groups excluding carboxylic acids is 1. The fourth-order valence-corrected chi connectivity index (χ4v) is 4.07. The van der Waals surface area contributed by atoms with Crippen LogP contribution >= 0.6 is 15.9 Å². The number of imidazole rings is 1. The number of ether oxygens (including phenoxy) is 3. The number of nitrogens with two attached hydrogens (primary N) is 1. The molecule has 33 heavy (non-hydrogen) atoms. The lowest BCUT2D eigenvalue weighted by molar-refractivity contribution is -0.0123. The molecule has 2 N–H and O–H groups in total. The highest BCUT2D eigenvalue weighted by Gasteiger charge is 2.27. The minimum absolute atomic E-state index is 0.142. The Balaban J connectivity index is 1.48. The van der Waals surface area contributed by atoms with E-state index < -0.39 is 5.60 Å². The smallest absolute Gasteiger partial charge is 0.410 e. The van der Waals surface area contributed by atoms with Crippen LogP contribution in [-0.2, 0) is 16.0 Å². The van der Waals surface area contributed by atoms with Crippen LogP contribution in [0.25, 0.3) is 11.2 Å². The third-order valence-corrected chi connectivity index (χ3v) is 5.86. The molecular weight excluding hydrogens is 492 g/mol. The molecule has 10 nitrogen and oxygen atoms in total. The molecular formula is C22H35BrN6O4. The topological polar surface area (TPSA) is 118 Å². The molecule has 0 spiro atoms. The van der Waals surface area contributed by atoms with Crippen LogP contribution in [0.5, 0.6) is 6.01 Å². The summed E-state index contributed by atoms with van der Waals surface area (Å²) < 4.78 is 19.8. The predicted octanol–water partition coefficient (Wildman–Crippen LogP) is 4.16. The van der Waals surface area contributed by atoms with E-state index in [0.29, 0.717) is 54.6 Å². The molecule has 0 unspecified atom stereocenters. The molecule has 1 aliphatic heterocycles. The van der Waals surface area contributed by atoms with E-state index in [1.165, 1.54) is 0 Å². The molecule has 0 radical (unpaired) electrons. The van der Waals surface area contributed by atoms with Crippen molar-refractivity contribution in [1.29, 1.82) is 0 Å². The zero-order chi connectivity index (χ0) is 24.0. The zero-order valence-corrected chi connectivity index (χ0v) is 21.6. The van der Waals surface area contributed by atoms with Crippen molar-refractivity contribution in [1.82, 2.24) is 24.4 Å². The molecule has 0 aliphatic carbocycles. The number of piperidine rings is 1. The number of nitrogens with zero attached hydrogens (tertiary/aromatic N) is 5. The maximum absolute atomic E-state index is 12.2. The van der Waals surface area contributed by atoms with E-state index >= 15 is 0 Å². The van der Waals surface area contributed by atoms with E-state index in [4.69, 9.17) is 19.9 Å². The molecule has 184 valence electrons. The number of anilines is 1. The highest BCUT2D eigenvalue weighted by Crippen LogP contribution is 2.25. The Morgan fingerprint density at radius 1 is 1.15 bits per heavy atom. The molecule has 1 saturated heterocycles. The lowest BCUT2D eigenvalue weighted by Gasteiger charge is -2.33. The van der Waals surface area contributed by atoms with Gasteiger partial charge in [-0.3, -0.25) is 0 Å². The molecule has 2 aromatic heterocycles. The second-order valence-corrected chi connectivity index (χ2v) is 9.90. The minimum atomic E-state index is -0.478. The largest absolute Gasteiger partial charge is 0.463 e. The van der Waals surface area contributed by atoms with Gasteiger partial charge >= 0.3 is 12.1 Å². The standard InChI is InChI=1S/C22H35BrN6O4/c1-5-6-13-32-20-26-17(24)16-18(27-20)29(19(23)25-16)10-7-14-31-15-8-11-28(12-9-15)21(30)33-22(2,3)4/h15H,5-14H2,1-4H3,(H2,24,26,27). The molecule has 0 saturated carbocycles. The number of amides is 1. The highest BCUT2D eigenvalue weighted by atomic mass is 79.9. The molecule has 11 heteroatoms. The molecule has 0 aromatic carbocycles. The maximum atomic E-state index is 12.2. The van der Waals surface area contributed by atoms with Gasteiger partial charge in [0, 0.05) is 26.2 Å². The molecule has 0 atom stereocenters. The minimum Gasteiger partial charge on any atom is -0.463 e. The van der Waals surface area contributed by atoms with Crippen molar-refractivity contribution < 1.29 is 19.0 Å². The Kier molecular flexibility index (Phi) is 8.75. The number of hydrogen-bond donors (Lipinski definition) is 1. The number of nitrogen functional groups attached to an aromatic ring is 1. The second kappa shape index (κ2) is 11.3. The number of rotatable bonds is 9. The molecule has 2 aromatic rings. The molecule has 0 bridgehead atoms. The Labute approximate surface area is 203 Å². The first-order valence-corrected chi connectivity index (χ1v) is 12.4. The Bertz CT molecular complexity index is 937. The predicted molar refractivity (Wildman–Crippen MR) is 129 cm³/mol. The van der Waals surface area contributed by atoms with E-state index in [1.54, 1.807) is 4.90 Å². The number of hydrogen-bond acceptors (Lipinski definition) is 8. The summed E-state index contributed by atoms with van der Waals surface area (Å²) in [4.78, 5) is 27.1. The average molecular weight is 527 g/mol. The third kappa shape index (κ3) is 7.17. The summed E-state index contributed by atoms with van der Waals surface area (Å²) in [5.41, 5.74) is 6.80. The average Bonchev–Trinajstić information content (AvgIpc) is 3.06. The van der Waals surface area contributed by atoms with E-state index in [2.05, 4.69) is 37.8 Å². The number of unbranched alkanes of at least 4 members (excludes halogenated alkanes) is 1. The number of fused-ring (bicyclic) bond motifs is 1. The van der Waals surface area contributed by atoms with Gasteiger partial charge in [-0.25, -0.2) is 9.78 Å². The Morgan fingerprint density at radius 3 is 2.55 bits per heavy atom. The summed E-state index contributed by atoms with van der Waals surface area (Å²) in [5, 5.41) is 0. The molecule has 1 aliphatic rings. The van der Waals surface area contributed by atoms with Gasteiger partial charge in [0.2, 0.25) is 0 Å². The third-order valence-electron chi connectivity index (χ3n) is 5.26. The van der Waals surface area contributed by atoms with Crippen molar-refractivity contribution in [2.75, 3.05) is 32.0 Å². The van der Waals surface area contributed by atoms with Gasteiger partial charge in [-0.1, -0.05) is 13.3 Å². The van der Waals surface area contributed by atoms with Crippen molar-refractivity contribution in [3.8, 4) is 6.01 Å².